The number of nitrogens with two attached hydrogens (primary N) is 1. The van der Waals surface area contributed by atoms with E-state index in [0.717, 1.165) is 26.1 Å². The van der Waals surface area contributed by atoms with E-state index in [-0.39, 0.29) is 5.54 Å². The molecule has 0 aromatic heterocycles. The van der Waals surface area contributed by atoms with Gasteiger partial charge in [0.25, 0.3) is 0 Å². The molecule has 3 N–H and O–H groups in total. The number of aliphatic imine (C=N–C) groups is 1. The van der Waals surface area contributed by atoms with Gasteiger partial charge in [-0.1, -0.05) is 11.6 Å². The van der Waals surface area contributed by atoms with Crippen molar-refractivity contribution < 1.29 is 4.74 Å². The molecule has 0 saturated heterocycles. The molecule has 1 aliphatic rings. The molecule has 6 heteroatoms. The summed E-state index contributed by atoms with van der Waals surface area (Å²) in [6.07, 6.45) is 0. The third kappa shape index (κ3) is 3.84. The zero-order chi connectivity index (χ0) is 17.3. The summed E-state index contributed by atoms with van der Waals surface area (Å²) in [5.41, 5.74) is 9.43. The van der Waals surface area contributed by atoms with Crippen LogP contribution in [-0.2, 0) is 11.3 Å². The average molecular weight is 456 g/mol. The van der Waals surface area contributed by atoms with E-state index in [0.29, 0.717) is 24.1 Å². The Hall–Kier alpha value is -1.31. The normalized spacial score (nSPS) is 15.8. The second-order valence-corrected chi connectivity index (χ2v) is 8.02. The predicted molar refractivity (Wildman–Crippen MR) is 108 cm³/mol. The quantitative estimate of drug-likeness (QED) is 0.657. The zero-order valence-corrected chi connectivity index (χ0v) is 16.5. The monoisotopic (exact) mass is 455 g/mol. The molecule has 4 nitrogen and oxygen atoms in total. The molecule has 126 valence electrons. The predicted octanol–water partition coefficient (Wildman–Crippen LogP) is 4.70. The van der Waals surface area contributed by atoms with Crippen molar-refractivity contribution in [2.75, 3.05) is 11.9 Å². The van der Waals surface area contributed by atoms with Gasteiger partial charge in [-0.05, 0) is 78.4 Å². The molecular weight excluding hydrogens is 437 g/mol. The van der Waals surface area contributed by atoms with Gasteiger partial charge in [-0.25, -0.2) is 4.99 Å². The minimum absolute atomic E-state index is 0.222. The average Bonchev–Trinajstić information content (AvgIpc) is 2.90. The molecule has 1 heterocycles. The van der Waals surface area contributed by atoms with Crippen LogP contribution in [0.4, 0.5) is 11.4 Å². The summed E-state index contributed by atoms with van der Waals surface area (Å²) in [6.45, 7) is 5.12. The lowest BCUT2D eigenvalue weighted by Gasteiger charge is -2.15. The molecule has 1 aliphatic heterocycles. The van der Waals surface area contributed by atoms with E-state index < -0.39 is 0 Å². The summed E-state index contributed by atoms with van der Waals surface area (Å²) in [7, 11) is 0. The van der Waals surface area contributed by atoms with Crippen molar-refractivity contribution in [1.82, 2.24) is 0 Å². The molecule has 2 aromatic carbocycles. The maximum absolute atomic E-state index is 6.19. The van der Waals surface area contributed by atoms with Crippen molar-refractivity contribution in [3.63, 3.8) is 0 Å². The van der Waals surface area contributed by atoms with Crippen LogP contribution < -0.4 is 11.1 Å². The van der Waals surface area contributed by atoms with Gasteiger partial charge in [-0.15, -0.1) is 0 Å². The largest absolute Gasteiger partial charge is 0.475 e. The molecule has 0 amide bonds. The second-order valence-electron chi connectivity index (χ2n) is 6.34. The van der Waals surface area contributed by atoms with Crippen molar-refractivity contribution in [3.05, 3.63) is 56.1 Å². The number of hydrogen-bond acceptors (Lipinski definition) is 4. The Balaban J connectivity index is 2.01. The fraction of sp³-hybridized carbons (Fsp3) is 0.278. The first-order valence-corrected chi connectivity index (χ1v) is 9.12. The molecule has 0 radical (unpaired) electrons. The number of anilines is 2. The second kappa shape index (κ2) is 6.90. The van der Waals surface area contributed by atoms with Gasteiger partial charge in [0.2, 0.25) is 5.90 Å². The van der Waals surface area contributed by atoms with Gasteiger partial charge in [0.15, 0.2) is 0 Å². The van der Waals surface area contributed by atoms with Crippen LogP contribution in [-0.4, -0.2) is 18.0 Å². The first kappa shape index (κ1) is 17.5. The molecule has 0 bridgehead atoms. The van der Waals surface area contributed by atoms with Gasteiger partial charge in [0.05, 0.1) is 16.8 Å². The molecule has 0 saturated carbocycles. The third-order valence-corrected chi connectivity index (χ3v) is 4.64. The van der Waals surface area contributed by atoms with Gasteiger partial charge in [-0.3, -0.25) is 0 Å². The summed E-state index contributed by atoms with van der Waals surface area (Å²) in [6, 6.07) is 11.8. The highest BCUT2D eigenvalue weighted by Crippen LogP contribution is 2.30. The van der Waals surface area contributed by atoms with Crippen LogP contribution in [0, 0.1) is 3.57 Å². The first-order chi connectivity index (χ1) is 11.4. The van der Waals surface area contributed by atoms with E-state index in [4.69, 9.17) is 22.1 Å². The molecule has 24 heavy (non-hydrogen) atoms. The van der Waals surface area contributed by atoms with Gasteiger partial charge in [0, 0.05) is 20.8 Å². The Morgan fingerprint density at radius 3 is 2.67 bits per heavy atom. The van der Waals surface area contributed by atoms with Crippen LogP contribution in [0.15, 0.2) is 41.4 Å². The van der Waals surface area contributed by atoms with Crippen LogP contribution in [0.5, 0.6) is 0 Å². The summed E-state index contributed by atoms with van der Waals surface area (Å²) in [4.78, 5) is 4.66. The first-order valence-electron chi connectivity index (χ1n) is 7.66. The number of halogens is 2. The molecule has 0 unspecified atom stereocenters. The molecule has 2 aromatic rings. The van der Waals surface area contributed by atoms with Gasteiger partial charge in [0.1, 0.15) is 6.61 Å². The van der Waals surface area contributed by atoms with Crippen LogP contribution >= 0.6 is 34.2 Å². The minimum Gasteiger partial charge on any atom is -0.475 e. The highest BCUT2D eigenvalue weighted by atomic mass is 127. The Morgan fingerprint density at radius 1 is 1.25 bits per heavy atom. The van der Waals surface area contributed by atoms with Crippen molar-refractivity contribution in [2.45, 2.75) is 25.9 Å². The van der Waals surface area contributed by atoms with E-state index in [1.54, 1.807) is 0 Å². The molecule has 0 atom stereocenters. The number of ether oxygens (including phenoxy) is 1. The number of benzene rings is 2. The molecule has 0 spiro atoms. The number of hydrogen-bond donors (Lipinski definition) is 2. The smallest absolute Gasteiger partial charge is 0.219 e. The van der Waals surface area contributed by atoms with Crippen LogP contribution in [0.25, 0.3) is 0 Å². The Labute approximate surface area is 160 Å². The molecule has 0 fully saturated rings. The molecular formula is C18H19ClIN3O. The van der Waals surface area contributed by atoms with E-state index in [1.807, 2.05) is 44.2 Å². The molecule has 0 aliphatic carbocycles. The lowest BCUT2D eigenvalue weighted by Crippen LogP contribution is -2.17. The van der Waals surface area contributed by atoms with Gasteiger partial charge < -0.3 is 15.8 Å². The molecule has 3 rings (SSSR count). The van der Waals surface area contributed by atoms with Crippen LogP contribution in [0.1, 0.15) is 25.0 Å². The Morgan fingerprint density at radius 2 is 2.00 bits per heavy atom. The SMILES string of the molecule is CC1(C)COC(c2cc(Cl)ccc2Nc2ccc(I)cc2CN)=N1. The maximum atomic E-state index is 6.19. The Kier molecular flexibility index (Phi) is 5.03. The third-order valence-electron chi connectivity index (χ3n) is 3.73. The fourth-order valence-electron chi connectivity index (χ4n) is 2.52. The highest BCUT2D eigenvalue weighted by molar-refractivity contribution is 14.1. The lowest BCUT2D eigenvalue weighted by atomic mass is 10.1. The van der Waals surface area contributed by atoms with Crippen molar-refractivity contribution in [2.24, 2.45) is 10.7 Å². The lowest BCUT2D eigenvalue weighted by molar-refractivity contribution is 0.279. The number of rotatable bonds is 4. The summed E-state index contributed by atoms with van der Waals surface area (Å²) >= 11 is 8.47. The van der Waals surface area contributed by atoms with E-state index >= 15 is 0 Å². The van der Waals surface area contributed by atoms with E-state index in [9.17, 15) is 0 Å². The standard InChI is InChI=1S/C18H19ClIN3O/c1-18(2)10-24-17(23-18)14-8-12(19)3-5-16(14)22-15-6-4-13(20)7-11(15)9-21/h3-8,22H,9-10,21H2,1-2H3. The van der Waals surface area contributed by atoms with Crippen molar-refractivity contribution in [1.29, 1.82) is 0 Å². The number of nitrogens with one attached hydrogen (secondary N) is 1. The van der Waals surface area contributed by atoms with E-state index in [1.165, 1.54) is 0 Å². The summed E-state index contributed by atoms with van der Waals surface area (Å²) in [5.74, 6) is 0.616. The Bertz CT molecular complexity index is 805. The topological polar surface area (TPSA) is 59.6 Å². The highest BCUT2D eigenvalue weighted by Gasteiger charge is 2.28. The summed E-state index contributed by atoms with van der Waals surface area (Å²) < 4.78 is 6.94. The van der Waals surface area contributed by atoms with Crippen molar-refractivity contribution >= 4 is 51.5 Å². The van der Waals surface area contributed by atoms with Crippen molar-refractivity contribution in [3.8, 4) is 0 Å². The minimum atomic E-state index is -0.222. The van der Waals surface area contributed by atoms with Crippen LogP contribution in [0.2, 0.25) is 5.02 Å². The fourth-order valence-corrected chi connectivity index (χ4v) is 3.25. The van der Waals surface area contributed by atoms with Crippen LogP contribution in [0.3, 0.4) is 0 Å². The maximum Gasteiger partial charge on any atom is 0.219 e. The van der Waals surface area contributed by atoms with E-state index in [2.05, 4.69) is 39.0 Å². The van der Waals surface area contributed by atoms with Gasteiger partial charge >= 0.3 is 0 Å². The zero-order valence-electron chi connectivity index (χ0n) is 13.6. The van der Waals surface area contributed by atoms with Gasteiger partial charge in [-0.2, -0.15) is 0 Å². The number of nitrogens with zero attached hydrogens (tertiary/aromatic N) is 1. The summed E-state index contributed by atoms with van der Waals surface area (Å²) in [5, 5.41) is 4.09.